The van der Waals surface area contributed by atoms with Gasteiger partial charge in [-0.1, -0.05) is 18.2 Å². The zero-order chi connectivity index (χ0) is 22.4. The van der Waals surface area contributed by atoms with Crippen molar-refractivity contribution in [2.45, 2.75) is 31.0 Å². The van der Waals surface area contributed by atoms with Crippen LogP contribution in [0.1, 0.15) is 24.2 Å². The van der Waals surface area contributed by atoms with Gasteiger partial charge in [0, 0.05) is 18.7 Å². The van der Waals surface area contributed by atoms with Gasteiger partial charge in [-0.15, -0.1) is 0 Å². The minimum absolute atomic E-state index is 0.0896. The zero-order valence-corrected chi connectivity index (χ0v) is 18.7. The van der Waals surface area contributed by atoms with E-state index in [9.17, 15) is 13.2 Å². The fraction of sp³-hybridized carbons (Fsp3) is 0.409. The van der Waals surface area contributed by atoms with E-state index in [0.717, 1.165) is 0 Å². The lowest BCUT2D eigenvalue weighted by Gasteiger charge is -2.34. The molecule has 31 heavy (non-hydrogen) atoms. The number of hydrogen-bond donors (Lipinski definition) is 1. The fourth-order valence-corrected chi connectivity index (χ4v) is 5.08. The van der Waals surface area contributed by atoms with Crippen molar-refractivity contribution < 1.29 is 27.4 Å². The van der Waals surface area contributed by atoms with Crippen molar-refractivity contribution in [2.24, 2.45) is 0 Å². The summed E-state index contributed by atoms with van der Waals surface area (Å²) in [5, 5.41) is 2.75. The molecule has 1 amide bonds. The molecule has 0 bridgehead atoms. The Morgan fingerprint density at radius 2 is 1.77 bits per heavy atom. The first-order valence-electron chi connectivity index (χ1n) is 10.1. The van der Waals surface area contributed by atoms with Gasteiger partial charge in [0.05, 0.1) is 30.8 Å². The van der Waals surface area contributed by atoms with Crippen LogP contribution >= 0.6 is 0 Å². The molecule has 0 saturated carbocycles. The van der Waals surface area contributed by atoms with Crippen LogP contribution < -0.4 is 14.8 Å². The smallest absolute Gasteiger partial charge is 0.251 e. The van der Waals surface area contributed by atoms with E-state index < -0.39 is 10.0 Å². The standard InChI is InChI=1S/C22H28N2O6S/c1-16-14-24(15-17(2)30-16)31(26,27)19-8-6-7-18(13-19)22(25)23-11-12-29-21-10-5-4-9-20(21)28-3/h4-10,13,16-17H,11-12,14-15H2,1-3H3,(H,23,25)/t16-,17+. The van der Waals surface area contributed by atoms with Crippen molar-refractivity contribution in [3.63, 3.8) is 0 Å². The number of methoxy groups -OCH3 is 1. The van der Waals surface area contributed by atoms with Crippen LogP contribution in [-0.2, 0) is 14.8 Å². The third kappa shape index (κ3) is 5.75. The van der Waals surface area contributed by atoms with Gasteiger partial charge in [0.15, 0.2) is 11.5 Å². The molecule has 1 fully saturated rings. The monoisotopic (exact) mass is 448 g/mol. The SMILES string of the molecule is COc1ccccc1OCCNC(=O)c1cccc(S(=O)(=O)N2C[C@@H](C)O[C@@H](C)C2)c1. The number of hydrogen-bond acceptors (Lipinski definition) is 6. The number of amides is 1. The highest BCUT2D eigenvalue weighted by Crippen LogP contribution is 2.25. The summed E-state index contributed by atoms with van der Waals surface area (Å²) < 4.78 is 44.0. The van der Waals surface area contributed by atoms with E-state index in [1.807, 2.05) is 26.0 Å². The Balaban J connectivity index is 1.61. The number of nitrogens with one attached hydrogen (secondary N) is 1. The lowest BCUT2D eigenvalue weighted by atomic mass is 10.2. The van der Waals surface area contributed by atoms with Crippen molar-refractivity contribution in [3.05, 3.63) is 54.1 Å². The molecule has 1 N–H and O–H groups in total. The number of sulfonamides is 1. The topological polar surface area (TPSA) is 94.2 Å². The van der Waals surface area contributed by atoms with Gasteiger partial charge in [-0.25, -0.2) is 8.42 Å². The van der Waals surface area contributed by atoms with E-state index in [1.165, 1.54) is 16.4 Å². The van der Waals surface area contributed by atoms with E-state index in [2.05, 4.69) is 5.32 Å². The first-order chi connectivity index (χ1) is 14.8. The molecule has 2 atom stereocenters. The summed E-state index contributed by atoms with van der Waals surface area (Å²) in [7, 11) is -2.16. The number of carbonyl (C=O) groups is 1. The van der Waals surface area contributed by atoms with Gasteiger partial charge >= 0.3 is 0 Å². The second-order valence-corrected chi connectivity index (χ2v) is 9.30. The maximum Gasteiger partial charge on any atom is 0.251 e. The molecule has 0 spiro atoms. The third-order valence-corrected chi connectivity index (χ3v) is 6.66. The summed E-state index contributed by atoms with van der Waals surface area (Å²) in [4.78, 5) is 12.6. The average molecular weight is 449 g/mol. The molecule has 9 heteroatoms. The molecule has 1 aliphatic rings. The fourth-order valence-electron chi connectivity index (χ4n) is 3.44. The number of benzene rings is 2. The molecule has 8 nitrogen and oxygen atoms in total. The van der Waals surface area contributed by atoms with E-state index in [1.54, 1.807) is 31.4 Å². The predicted octanol–water partition coefficient (Wildman–Crippen LogP) is 2.30. The molecule has 1 aliphatic heterocycles. The van der Waals surface area contributed by atoms with E-state index in [4.69, 9.17) is 14.2 Å². The summed E-state index contributed by atoms with van der Waals surface area (Å²) >= 11 is 0. The van der Waals surface area contributed by atoms with Crippen LogP contribution in [0, 0.1) is 0 Å². The van der Waals surface area contributed by atoms with Crippen molar-refractivity contribution >= 4 is 15.9 Å². The molecule has 3 rings (SSSR count). The van der Waals surface area contributed by atoms with Crippen molar-refractivity contribution in [1.29, 1.82) is 0 Å². The van der Waals surface area contributed by atoms with Gasteiger partial charge in [0.1, 0.15) is 6.61 Å². The second-order valence-electron chi connectivity index (χ2n) is 7.36. The predicted molar refractivity (Wildman–Crippen MR) is 116 cm³/mol. The molecule has 2 aromatic carbocycles. The van der Waals surface area contributed by atoms with E-state index >= 15 is 0 Å². The molecule has 0 aliphatic carbocycles. The van der Waals surface area contributed by atoms with Crippen molar-refractivity contribution in [3.8, 4) is 11.5 Å². The highest BCUT2D eigenvalue weighted by atomic mass is 32.2. The zero-order valence-electron chi connectivity index (χ0n) is 17.9. The average Bonchev–Trinajstić information content (AvgIpc) is 2.76. The first kappa shape index (κ1) is 23.1. The molecule has 0 unspecified atom stereocenters. The molecule has 2 aromatic rings. The maximum atomic E-state index is 13.0. The Kier molecular flexibility index (Phi) is 7.53. The molecule has 1 saturated heterocycles. The molecular formula is C22H28N2O6S. The Labute approximate surface area is 183 Å². The first-order valence-corrected chi connectivity index (χ1v) is 11.5. The summed E-state index contributed by atoms with van der Waals surface area (Å²) in [5.74, 6) is 0.823. The Morgan fingerprint density at radius 1 is 1.10 bits per heavy atom. The van der Waals surface area contributed by atoms with Crippen LogP contribution in [0.3, 0.4) is 0 Å². The summed E-state index contributed by atoms with van der Waals surface area (Å²) in [6.45, 7) is 4.75. The van der Waals surface area contributed by atoms with Gasteiger partial charge in [0.2, 0.25) is 10.0 Å². The maximum absolute atomic E-state index is 13.0. The van der Waals surface area contributed by atoms with Gasteiger partial charge in [-0.2, -0.15) is 4.31 Å². The Bertz CT molecular complexity index is 1000. The Hall–Kier alpha value is -2.62. The molecule has 168 valence electrons. The lowest BCUT2D eigenvalue weighted by Crippen LogP contribution is -2.48. The van der Waals surface area contributed by atoms with Crippen LogP contribution in [0.2, 0.25) is 0 Å². The quantitative estimate of drug-likeness (QED) is 0.623. The summed E-state index contributed by atoms with van der Waals surface area (Å²) in [6.07, 6.45) is -0.374. The molecule has 0 aromatic heterocycles. The summed E-state index contributed by atoms with van der Waals surface area (Å²) in [5.41, 5.74) is 0.271. The van der Waals surface area contributed by atoms with Crippen LogP contribution in [-0.4, -0.2) is 64.2 Å². The minimum atomic E-state index is -3.72. The van der Waals surface area contributed by atoms with Crippen molar-refractivity contribution in [2.75, 3.05) is 33.4 Å². The second kappa shape index (κ2) is 10.1. The molecular weight excluding hydrogens is 420 g/mol. The number of nitrogens with zero attached hydrogens (tertiary/aromatic N) is 1. The van der Waals surface area contributed by atoms with Gasteiger partial charge < -0.3 is 19.5 Å². The lowest BCUT2D eigenvalue weighted by molar-refractivity contribution is -0.0440. The molecule has 1 heterocycles. The third-order valence-electron chi connectivity index (χ3n) is 4.83. The van der Waals surface area contributed by atoms with Gasteiger partial charge in [0.25, 0.3) is 5.91 Å². The van der Waals surface area contributed by atoms with Gasteiger partial charge in [-0.05, 0) is 44.2 Å². The molecule has 0 radical (unpaired) electrons. The van der Waals surface area contributed by atoms with Crippen LogP contribution in [0.25, 0.3) is 0 Å². The number of rotatable bonds is 8. The largest absolute Gasteiger partial charge is 0.493 e. The van der Waals surface area contributed by atoms with E-state index in [-0.39, 0.29) is 54.8 Å². The van der Waals surface area contributed by atoms with Crippen LogP contribution in [0.15, 0.2) is 53.4 Å². The van der Waals surface area contributed by atoms with E-state index in [0.29, 0.717) is 11.5 Å². The van der Waals surface area contributed by atoms with Crippen LogP contribution in [0.5, 0.6) is 11.5 Å². The number of para-hydroxylation sites is 2. The minimum Gasteiger partial charge on any atom is -0.493 e. The Morgan fingerprint density at radius 3 is 2.45 bits per heavy atom. The number of morpholine rings is 1. The van der Waals surface area contributed by atoms with Crippen molar-refractivity contribution in [1.82, 2.24) is 9.62 Å². The normalized spacial score (nSPS) is 19.6. The van der Waals surface area contributed by atoms with Gasteiger partial charge in [-0.3, -0.25) is 4.79 Å². The number of ether oxygens (including phenoxy) is 3. The number of carbonyl (C=O) groups excluding carboxylic acids is 1. The summed E-state index contributed by atoms with van der Waals surface area (Å²) in [6, 6.07) is 13.3. The highest BCUT2D eigenvalue weighted by Gasteiger charge is 2.32. The highest BCUT2D eigenvalue weighted by molar-refractivity contribution is 7.89. The van der Waals surface area contributed by atoms with Crippen LogP contribution in [0.4, 0.5) is 0 Å².